The molecule has 0 aromatic heterocycles. The number of rotatable bonds is 6. The van der Waals surface area contributed by atoms with Gasteiger partial charge < -0.3 is 19.9 Å². The van der Waals surface area contributed by atoms with Crippen molar-refractivity contribution in [2.24, 2.45) is 0 Å². The highest BCUT2D eigenvalue weighted by Gasteiger charge is 2.31. The molecule has 6 heteroatoms. The van der Waals surface area contributed by atoms with E-state index in [4.69, 9.17) is 9.47 Å². The lowest BCUT2D eigenvalue weighted by molar-refractivity contribution is -0.155. The van der Waals surface area contributed by atoms with E-state index in [0.717, 1.165) is 0 Å². The Morgan fingerprint density at radius 3 is 2.35 bits per heavy atom. The second kappa shape index (κ2) is 8.53. The van der Waals surface area contributed by atoms with Crippen molar-refractivity contribution in [3.05, 3.63) is 35.9 Å². The van der Waals surface area contributed by atoms with Gasteiger partial charge in [0, 0.05) is 0 Å². The second-order valence-corrected chi connectivity index (χ2v) is 6.15. The van der Waals surface area contributed by atoms with Gasteiger partial charge in [-0.15, -0.1) is 0 Å². The van der Waals surface area contributed by atoms with Gasteiger partial charge in [-0.3, -0.25) is 0 Å². The molecule has 1 rings (SSSR count). The molecule has 23 heavy (non-hydrogen) atoms. The molecule has 0 fully saturated rings. The van der Waals surface area contributed by atoms with E-state index < -0.39 is 29.8 Å². The molecule has 0 bridgehead atoms. The topological polar surface area (TPSA) is 84.9 Å². The van der Waals surface area contributed by atoms with Crippen molar-refractivity contribution < 1.29 is 24.2 Å². The molecule has 1 aromatic carbocycles. The zero-order valence-corrected chi connectivity index (χ0v) is 14.0. The first-order valence-corrected chi connectivity index (χ1v) is 7.63. The normalized spacial score (nSPS) is 13.8. The Morgan fingerprint density at radius 2 is 1.83 bits per heavy atom. The molecule has 6 nitrogen and oxygen atoms in total. The van der Waals surface area contributed by atoms with Gasteiger partial charge in [-0.25, -0.2) is 9.59 Å². The molecule has 2 atom stereocenters. The van der Waals surface area contributed by atoms with Crippen LogP contribution in [-0.4, -0.2) is 35.5 Å². The third kappa shape index (κ3) is 6.69. The average Bonchev–Trinajstić information content (AvgIpc) is 2.48. The molecule has 0 aliphatic carbocycles. The zero-order valence-electron chi connectivity index (χ0n) is 14.0. The van der Waals surface area contributed by atoms with E-state index in [1.54, 1.807) is 51.1 Å². The minimum Gasteiger partial charge on any atom is -0.464 e. The first kappa shape index (κ1) is 19.0. The summed E-state index contributed by atoms with van der Waals surface area (Å²) in [7, 11) is 0. The molecule has 0 radical (unpaired) electrons. The summed E-state index contributed by atoms with van der Waals surface area (Å²) in [6, 6.07) is 7.77. The van der Waals surface area contributed by atoms with Crippen LogP contribution in [0.5, 0.6) is 0 Å². The van der Waals surface area contributed by atoms with Crippen molar-refractivity contribution in [2.45, 2.75) is 51.9 Å². The highest BCUT2D eigenvalue weighted by atomic mass is 16.6. The number of aliphatic hydroxyl groups excluding tert-OH is 1. The molecular formula is C17H25NO5. The molecule has 1 aromatic rings. The van der Waals surface area contributed by atoms with E-state index in [1.165, 1.54) is 0 Å². The van der Waals surface area contributed by atoms with Crippen LogP contribution < -0.4 is 5.32 Å². The maximum Gasteiger partial charge on any atom is 0.408 e. The number of alkyl carbamates (subject to hydrolysis) is 1. The smallest absolute Gasteiger partial charge is 0.408 e. The van der Waals surface area contributed by atoms with Crippen molar-refractivity contribution >= 4 is 12.1 Å². The van der Waals surface area contributed by atoms with E-state index >= 15 is 0 Å². The van der Waals surface area contributed by atoms with Gasteiger partial charge in [0.1, 0.15) is 5.60 Å². The Hall–Kier alpha value is -2.08. The molecular weight excluding hydrogens is 298 g/mol. The summed E-state index contributed by atoms with van der Waals surface area (Å²) in [5, 5.41) is 12.8. The second-order valence-electron chi connectivity index (χ2n) is 6.15. The molecule has 0 unspecified atom stereocenters. The molecule has 128 valence electrons. The van der Waals surface area contributed by atoms with Crippen LogP contribution in [0.2, 0.25) is 0 Å². The van der Waals surface area contributed by atoms with Gasteiger partial charge in [-0.05, 0) is 32.8 Å². The molecule has 0 saturated heterocycles. The maximum absolute atomic E-state index is 12.0. The van der Waals surface area contributed by atoms with Crippen LogP contribution in [0.3, 0.4) is 0 Å². The van der Waals surface area contributed by atoms with Crippen molar-refractivity contribution in [2.75, 3.05) is 6.61 Å². The van der Waals surface area contributed by atoms with E-state index in [9.17, 15) is 14.7 Å². The van der Waals surface area contributed by atoms with Gasteiger partial charge in [-0.1, -0.05) is 37.3 Å². The standard InChI is InChI=1S/C17H25NO5/c1-5-11-22-15(20)14(19)13(12-9-7-6-8-10-12)18-16(21)23-17(2,3)4/h6-10,13-14,19H,5,11H2,1-4H3,(H,18,21)/t13-,14+/m0/s1. The minimum absolute atomic E-state index is 0.212. The van der Waals surface area contributed by atoms with Crippen LogP contribution in [0, 0.1) is 0 Å². The summed E-state index contributed by atoms with van der Waals surface area (Å²) < 4.78 is 10.1. The van der Waals surface area contributed by atoms with Gasteiger partial charge in [0.15, 0.2) is 6.10 Å². The van der Waals surface area contributed by atoms with Gasteiger partial charge in [0.05, 0.1) is 12.6 Å². The number of aliphatic hydroxyl groups is 1. The van der Waals surface area contributed by atoms with Crippen LogP contribution in [0.1, 0.15) is 45.7 Å². The Bertz CT molecular complexity index is 509. The van der Waals surface area contributed by atoms with Crippen LogP contribution in [0.15, 0.2) is 30.3 Å². The number of benzene rings is 1. The van der Waals surface area contributed by atoms with Crippen molar-refractivity contribution in [3.8, 4) is 0 Å². The highest BCUT2D eigenvalue weighted by molar-refractivity contribution is 5.77. The van der Waals surface area contributed by atoms with Crippen LogP contribution in [0.4, 0.5) is 4.79 Å². The predicted molar refractivity (Wildman–Crippen MR) is 85.8 cm³/mol. The Morgan fingerprint density at radius 1 is 1.22 bits per heavy atom. The lowest BCUT2D eigenvalue weighted by Gasteiger charge is -2.26. The Balaban J connectivity index is 2.90. The molecule has 0 spiro atoms. The molecule has 1 amide bonds. The number of amides is 1. The van der Waals surface area contributed by atoms with E-state index in [0.29, 0.717) is 12.0 Å². The maximum atomic E-state index is 12.0. The summed E-state index contributed by atoms with van der Waals surface area (Å²) in [6.45, 7) is 7.26. The summed E-state index contributed by atoms with van der Waals surface area (Å²) >= 11 is 0. The van der Waals surface area contributed by atoms with E-state index in [2.05, 4.69) is 5.32 Å². The van der Waals surface area contributed by atoms with Crippen LogP contribution in [-0.2, 0) is 14.3 Å². The summed E-state index contributed by atoms with van der Waals surface area (Å²) in [5.41, 5.74) is -0.0989. The van der Waals surface area contributed by atoms with Gasteiger partial charge in [-0.2, -0.15) is 0 Å². The monoisotopic (exact) mass is 323 g/mol. The fraction of sp³-hybridized carbons (Fsp3) is 0.529. The Kier molecular flexibility index (Phi) is 7.03. The predicted octanol–water partition coefficient (Wildman–Crippen LogP) is 2.57. The SMILES string of the molecule is CCCOC(=O)[C@H](O)[C@@H](NC(=O)OC(C)(C)C)c1ccccc1. The van der Waals surface area contributed by atoms with E-state index in [1.807, 2.05) is 6.92 Å². The summed E-state index contributed by atoms with van der Waals surface area (Å²) in [4.78, 5) is 23.9. The van der Waals surface area contributed by atoms with E-state index in [-0.39, 0.29) is 6.61 Å². The van der Waals surface area contributed by atoms with Crippen molar-refractivity contribution in [1.29, 1.82) is 0 Å². The molecule has 0 heterocycles. The third-order valence-electron chi connectivity index (χ3n) is 2.84. The quantitative estimate of drug-likeness (QED) is 0.786. The molecule has 0 saturated carbocycles. The number of hydrogen-bond acceptors (Lipinski definition) is 5. The number of nitrogens with one attached hydrogen (secondary N) is 1. The number of hydrogen-bond donors (Lipinski definition) is 2. The first-order chi connectivity index (χ1) is 10.7. The number of carbonyl (C=O) groups excluding carboxylic acids is 2. The fourth-order valence-electron chi connectivity index (χ4n) is 1.86. The molecule has 2 N–H and O–H groups in total. The zero-order chi connectivity index (χ0) is 17.5. The number of carbonyl (C=O) groups is 2. The van der Waals surface area contributed by atoms with Crippen molar-refractivity contribution in [1.82, 2.24) is 5.32 Å². The largest absolute Gasteiger partial charge is 0.464 e. The number of ether oxygens (including phenoxy) is 2. The average molecular weight is 323 g/mol. The first-order valence-electron chi connectivity index (χ1n) is 7.63. The van der Waals surface area contributed by atoms with Gasteiger partial charge in [0.2, 0.25) is 0 Å². The highest BCUT2D eigenvalue weighted by Crippen LogP contribution is 2.19. The summed E-state index contributed by atoms with van der Waals surface area (Å²) in [5.74, 6) is -0.781. The Labute approximate surface area is 136 Å². The fourth-order valence-corrected chi connectivity index (χ4v) is 1.86. The van der Waals surface area contributed by atoms with Crippen LogP contribution in [0.25, 0.3) is 0 Å². The molecule has 0 aliphatic rings. The van der Waals surface area contributed by atoms with Crippen molar-refractivity contribution in [3.63, 3.8) is 0 Å². The lowest BCUT2D eigenvalue weighted by Crippen LogP contribution is -2.43. The van der Waals surface area contributed by atoms with Gasteiger partial charge in [0.25, 0.3) is 0 Å². The summed E-state index contributed by atoms with van der Waals surface area (Å²) in [6.07, 6.45) is -1.58. The van der Waals surface area contributed by atoms with Gasteiger partial charge >= 0.3 is 12.1 Å². The minimum atomic E-state index is -1.52. The number of esters is 1. The molecule has 0 aliphatic heterocycles. The van der Waals surface area contributed by atoms with Crippen LogP contribution >= 0.6 is 0 Å². The lowest BCUT2D eigenvalue weighted by atomic mass is 10.0. The third-order valence-corrected chi connectivity index (χ3v) is 2.84.